The summed E-state index contributed by atoms with van der Waals surface area (Å²) in [7, 11) is 0. The molecule has 1 aromatic carbocycles. The van der Waals surface area contributed by atoms with Gasteiger partial charge in [0.1, 0.15) is 18.1 Å². The van der Waals surface area contributed by atoms with Crippen LogP contribution < -0.4 is 27.4 Å². The van der Waals surface area contributed by atoms with Crippen molar-refractivity contribution in [2.75, 3.05) is 0 Å². The molecule has 1 heterocycles. The van der Waals surface area contributed by atoms with Gasteiger partial charge in [0.05, 0.1) is 18.6 Å². The predicted octanol–water partition coefficient (Wildman–Crippen LogP) is -1.12. The molecule has 5 unspecified atom stereocenters. The molecule has 38 heavy (non-hydrogen) atoms. The van der Waals surface area contributed by atoms with E-state index in [9.17, 15) is 34.2 Å². The normalized spacial score (nSPS) is 15.2. The lowest BCUT2D eigenvalue weighted by molar-refractivity contribution is -0.143. The number of aliphatic hydroxyl groups excluding tert-OH is 1. The number of nitrogens with two attached hydrogens (primary N) is 2. The van der Waals surface area contributed by atoms with E-state index in [-0.39, 0.29) is 18.8 Å². The van der Waals surface area contributed by atoms with Gasteiger partial charge in [-0.15, -0.1) is 0 Å². The molecule has 0 aliphatic carbocycles. The Bertz CT molecular complexity index is 1160. The number of aliphatic hydroxyl groups is 1. The van der Waals surface area contributed by atoms with E-state index in [0.717, 1.165) is 16.5 Å². The van der Waals surface area contributed by atoms with E-state index in [1.54, 1.807) is 20.0 Å². The lowest BCUT2D eigenvalue weighted by atomic mass is 10.0. The highest BCUT2D eigenvalue weighted by atomic mass is 16.4. The first-order chi connectivity index (χ1) is 17.8. The van der Waals surface area contributed by atoms with Crippen LogP contribution in [-0.4, -0.2) is 75.1 Å². The minimum atomic E-state index is -1.54. The molecule has 13 nitrogen and oxygen atoms in total. The monoisotopic (exact) mass is 532 g/mol. The molecule has 10 N–H and O–H groups in total. The van der Waals surface area contributed by atoms with Crippen LogP contribution in [0.1, 0.15) is 39.2 Å². The number of carboxylic acids is 1. The summed E-state index contributed by atoms with van der Waals surface area (Å²) in [6, 6.07) is 2.07. The van der Waals surface area contributed by atoms with Crippen molar-refractivity contribution in [1.29, 1.82) is 0 Å². The van der Waals surface area contributed by atoms with Crippen LogP contribution >= 0.6 is 0 Å². The first-order valence-electron chi connectivity index (χ1n) is 12.2. The zero-order chi connectivity index (χ0) is 28.6. The SMILES string of the molecule is CC(C)CC(NC(=O)C(CC(N)=O)NC(=O)C(NC(=O)C(N)Cc1c[nH]c2ccccc12)C(C)O)C(=O)O. The molecule has 0 spiro atoms. The molecule has 0 fully saturated rings. The highest BCUT2D eigenvalue weighted by Crippen LogP contribution is 2.18. The minimum absolute atomic E-state index is 0.0659. The number of carboxylic acid groups (broad SMARTS) is 1. The first kappa shape index (κ1) is 30.3. The van der Waals surface area contributed by atoms with Gasteiger partial charge in [0.2, 0.25) is 23.6 Å². The molecule has 0 saturated carbocycles. The van der Waals surface area contributed by atoms with Crippen molar-refractivity contribution in [3.05, 3.63) is 36.0 Å². The Kier molecular flexibility index (Phi) is 10.8. The van der Waals surface area contributed by atoms with Gasteiger partial charge in [-0.3, -0.25) is 19.2 Å². The van der Waals surface area contributed by atoms with E-state index in [0.29, 0.717) is 0 Å². The second-order valence-electron chi connectivity index (χ2n) is 9.66. The van der Waals surface area contributed by atoms with Crippen LogP contribution in [-0.2, 0) is 30.4 Å². The van der Waals surface area contributed by atoms with Crippen LogP contribution in [0.25, 0.3) is 10.9 Å². The molecule has 0 aliphatic heterocycles. The Morgan fingerprint density at radius 3 is 2.16 bits per heavy atom. The summed E-state index contributed by atoms with van der Waals surface area (Å²) >= 11 is 0. The number of hydrogen-bond donors (Lipinski definition) is 8. The molecule has 1 aromatic heterocycles. The number of nitrogens with one attached hydrogen (secondary N) is 4. The number of benzene rings is 1. The Balaban J connectivity index is 2.11. The number of fused-ring (bicyclic) bond motifs is 1. The third-order valence-corrected chi connectivity index (χ3v) is 5.87. The summed E-state index contributed by atoms with van der Waals surface area (Å²) in [4.78, 5) is 64.6. The van der Waals surface area contributed by atoms with Gasteiger partial charge in [-0.25, -0.2) is 4.79 Å². The minimum Gasteiger partial charge on any atom is -0.480 e. The standard InChI is InChI=1S/C25H36N6O7/c1-12(2)8-19(25(37)38)30-23(35)18(10-20(27)33)29-24(36)21(13(3)32)31-22(34)16(26)9-14-11-28-17-7-5-4-6-15(14)17/h4-7,11-13,16,18-19,21,28,32H,8-10,26H2,1-3H3,(H2,27,33)(H,29,36)(H,30,35)(H,31,34)(H,37,38). The molecule has 13 heteroatoms. The summed E-state index contributed by atoms with van der Waals surface area (Å²) in [6.45, 7) is 4.79. The van der Waals surface area contributed by atoms with Gasteiger partial charge in [-0.1, -0.05) is 32.0 Å². The maximum atomic E-state index is 12.9. The first-order valence-corrected chi connectivity index (χ1v) is 12.2. The molecular formula is C25H36N6O7. The Labute approximate surface area is 219 Å². The Morgan fingerprint density at radius 2 is 1.58 bits per heavy atom. The molecule has 0 saturated heterocycles. The number of aromatic amines is 1. The summed E-state index contributed by atoms with van der Waals surface area (Å²) in [5.74, 6) is -4.94. The van der Waals surface area contributed by atoms with Gasteiger partial charge in [0, 0.05) is 17.1 Å². The zero-order valence-corrected chi connectivity index (χ0v) is 21.6. The number of para-hydroxylation sites is 1. The molecule has 2 aromatic rings. The number of carbonyl (C=O) groups is 5. The zero-order valence-electron chi connectivity index (χ0n) is 21.6. The number of hydrogen-bond acceptors (Lipinski definition) is 7. The lowest BCUT2D eigenvalue weighted by Crippen LogP contribution is -2.60. The summed E-state index contributed by atoms with van der Waals surface area (Å²) < 4.78 is 0. The second kappa shape index (κ2) is 13.5. The average Bonchev–Trinajstić information content (AvgIpc) is 3.23. The van der Waals surface area contributed by atoms with Crippen LogP contribution in [0.2, 0.25) is 0 Å². The summed E-state index contributed by atoms with van der Waals surface area (Å²) in [5.41, 5.74) is 12.9. The third kappa shape index (κ3) is 8.56. The van der Waals surface area contributed by atoms with Crippen LogP contribution in [0, 0.1) is 5.92 Å². The van der Waals surface area contributed by atoms with E-state index < -0.39 is 66.3 Å². The fourth-order valence-electron chi connectivity index (χ4n) is 3.93. The van der Waals surface area contributed by atoms with Crippen molar-refractivity contribution in [2.24, 2.45) is 17.4 Å². The van der Waals surface area contributed by atoms with E-state index in [1.807, 2.05) is 24.3 Å². The molecule has 5 atom stereocenters. The summed E-state index contributed by atoms with van der Waals surface area (Å²) in [6.07, 6.45) is -0.0500. The topological polar surface area (TPSA) is 230 Å². The van der Waals surface area contributed by atoms with Crippen molar-refractivity contribution in [3.63, 3.8) is 0 Å². The number of rotatable bonds is 14. The maximum absolute atomic E-state index is 12.9. The highest BCUT2D eigenvalue weighted by Gasteiger charge is 2.33. The largest absolute Gasteiger partial charge is 0.480 e. The fourth-order valence-corrected chi connectivity index (χ4v) is 3.93. The van der Waals surface area contributed by atoms with Gasteiger partial charge in [0.15, 0.2) is 0 Å². The summed E-state index contributed by atoms with van der Waals surface area (Å²) in [5, 5.41) is 27.4. The van der Waals surface area contributed by atoms with Gasteiger partial charge in [-0.05, 0) is 37.3 Å². The fraction of sp³-hybridized carbons (Fsp3) is 0.480. The van der Waals surface area contributed by atoms with Crippen LogP contribution in [0.3, 0.4) is 0 Å². The average molecular weight is 533 g/mol. The number of H-pyrrole nitrogens is 1. The number of aliphatic carboxylic acids is 1. The van der Waals surface area contributed by atoms with Crippen molar-refractivity contribution < 1.29 is 34.2 Å². The van der Waals surface area contributed by atoms with Crippen LogP contribution in [0.4, 0.5) is 0 Å². The molecule has 0 bridgehead atoms. The van der Waals surface area contributed by atoms with Gasteiger partial charge < -0.3 is 42.6 Å². The smallest absolute Gasteiger partial charge is 0.326 e. The number of amides is 4. The molecule has 208 valence electrons. The van der Waals surface area contributed by atoms with E-state index in [4.69, 9.17) is 11.5 Å². The van der Waals surface area contributed by atoms with Gasteiger partial charge in [0.25, 0.3) is 0 Å². The van der Waals surface area contributed by atoms with E-state index in [2.05, 4.69) is 20.9 Å². The predicted molar refractivity (Wildman–Crippen MR) is 138 cm³/mol. The Hall–Kier alpha value is -3.97. The number of primary amides is 1. The molecular weight excluding hydrogens is 496 g/mol. The van der Waals surface area contributed by atoms with Gasteiger partial charge >= 0.3 is 5.97 Å². The molecule has 4 amide bonds. The molecule has 0 aliphatic rings. The van der Waals surface area contributed by atoms with Crippen molar-refractivity contribution >= 4 is 40.5 Å². The number of aromatic nitrogens is 1. The molecule has 2 rings (SSSR count). The highest BCUT2D eigenvalue weighted by molar-refractivity contribution is 5.96. The third-order valence-electron chi connectivity index (χ3n) is 5.87. The van der Waals surface area contributed by atoms with Crippen LogP contribution in [0.15, 0.2) is 30.5 Å². The maximum Gasteiger partial charge on any atom is 0.326 e. The van der Waals surface area contributed by atoms with E-state index in [1.165, 1.54) is 6.92 Å². The van der Waals surface area contributed by atoms with Crippen molar-refractivity contribution in [3.8, 4) is 0 Å². The number of carbonyl (C=O) groups excluding carboxylic acids is 4. The second-order valence-corrected chi connectivity index (χ2v) is 9.66. The lowest BCUT2D eigenvalue weighted by Gasteiger charge is -2.26. The van der Waals surface area contributed by atoms with Crippen molar-refractivity contribution in [2.45, 2.75) is 70.3 Å². The van der Waals surface area contributed by atoms with Gasteiger partial charge in [-0.2, -0.15) is 0 Å². The Morgan fingerprint density at radius 1 is 0.947 bits per heavy atom. The van der Waals surface area contributed by atoms with Crippen LogP contribution in [0.5, 0.6) is 0 Å². The quantitative estimate of drug-likeness (QED) is 0.148. The van der Waals surface area contributed by atoms with Crippen molar-refractivity contribution in [1.82, 2.24) is 20.9 Å². The van der Waals surface area contributed by atoms with E-state index >= 15 is 0 Å². The molecule has 0 radical (unpaired) electrons.